The average molecular weight is 291 g/mol. The second-order valence-electron chi connectivity index (χ2n) is 4.13. The van der Waals surface area contributed by atoms with Crippen LogP contribution in [0.2, 0.25) is 0 Å². The summed E-state index contributed by atoms with van der Waals surface area (Å²) in [5.74, 6) is -0.620. The van der Waals surface area contributed by atoms with Crippen molar-refractivity contribution >= 4 is 11.7 Å². The van der Waals surface area contributed by atoms with Crippen LogP contribution in [-0.4, -0.2) is 25.0 Å². The first-order valence-electron chi connectivity index (χ1n) is 6.08. The lowest BCUT2D eigenvalue weighted by molar-refractivity contribution is -0.274. The van der Waals surface area contributed by atoms with Crippen LogP contribution < -0.4 is 10.1 Å². The molecule has 112 valence electrons. The third-order valence-corrected chi connectivity index (χ3v) is 2.28. The van der Waals surface area contributed by atoms with E-state index in [0.29, 0.717) is 12.3 Å². The van der Waals surface area contributed by atoms with Crippen LogP contribution in [0.25, 0.3) is 0 Å². The lowest BCUT2D eigenvalue weighted by Gasteiger charge is -2.15. The summed E-state index contributed by atoms with van der Waals surface area (Å²) in [6, 6.07) is 5.11. The number of carbonyl (C=O) groups is 1. The number of hydrogen-bond acceptors (Lipinski definition) is 4. The molecule has 1 unspecified atom stereocenters. The zero-order valence-electron chi connectivity index (χ0n) is 11.2. The van der Waals surface area contributed by atoms with Crippen molar-refractivity contribution in [2.75, 3.05) is 11.9 Å². The number of benzene rings is 1. The van der Waals surface area contributed by atoms with E-state index in [2.05, 4.69) is 10.1 Å². The summed E-state index contributed by atoms with van der Waals surface area (Å²) in [7, 11) is 0. The first-order valence-corrected chi connectivity index (χ1v) is 6.08. The van der Waals surface area contributed by atoms with Gasteiger partial charge in [-0.1, -0.05) is 0 Å². The molecule has 0 aromatic heterocycles. The van der Waals surface area contributed by atoms with Gasteiger partial charge in [0.15, 0.2) is 0 Å². The van der Waals surface area contributed by atoms with Crippen LogP contribution in [0.15, 0.2) is 24.3 Å². The predicted molar refractivity (Wildman–Crippen MR) is 67.5 cm³/mol. The molecule has 1 rings (SSSR count). The zero-order chi connectivity index (χ0) is 15.2. The molecular weight excluding hydrogens is 275 g/mol. The highest BCUT2D eigenvalue weighted by Crippen LogP contribution is 2.24. The van der Waals surface area contributed by atoms with E-state index in [1.165, 1.54) is 24.3 Å². The molecule has 0 fully saturated rings. The van der Waals surface area contributed by atoms with Gasteiger partial charge in [-0.15, -0.1) is 13.2 Å². The maximum Gasteiger partial charge on any atom is 0.573 e. The minimum atomic E-state index is -4.70. The van der Waals surface area contributed by atoms with E-state index in [4.69, 9.17) is 4.74 Å². The van der Waals surface area contributed by atoms with Gasteiger partial charge in [-0.3, -0.25) is 4.79 Å². The molecule has 1 atom stereocenters. The molecule has 1 aromatic carbocycles. The Bertz CT molecular complexity index is 431. The molecule has 1 aromatic rings. The van der Waals surface area contributed by atoms with Crippen LogP contribution >= 0.6 is 0 Å². The molecule has 4 nitrogen and oxygen atoms in total. The number of carbonyl (C=O) groups excluding carboxylic acids is 1. The smallest absolute Gasteiger partial charge is 0.466 e. The van der Waals surface area contributed by atoms with E-state index in [1.54, 1.807) is 13.8 Å². The van der Waals surface area contributed by atoms with Gasteiger partial charge in [-0.05, 0) is 38.1 Å². The number of alkyl halides is 3. The quantitative estimate of drug-likeness (QED) is 0.817. The maximum atomic E-state index is 12.0. The SMILES string of the molecule is CCOC(=O)CC(C)Nc1ccc(OC(F)(F)F)cc1. The topological polar surface area (TPSA) is 47.6 Å². The molecule has 7 heteroatoms. The Morgan fingerprint density at radius 1 is 1.30 bits per heavy atom. The van der Waals surface area contributed by atoms with E-state index in [-0.39, 0.29) is 24.2 Å². The highest BCUT2D eigenvalue weighted by atomic mass is 19.4. The minimum absolute atomic E-state index is 0.175. The first-order chi connectivity index (χ1) is 9.30. The summed E-state index contributed by atoms with van der Waals surface area (Å²) in [6.07, 6.45) is -4.53. The van der Waals surface area contributed by atoms with Gasteiger partial charge in [0.05, 0.1) is 13.0 Å². The van der Waals surface area contributed by atoms with Crippen molar-refractivity contribution < 1.29 is 27.4 Å². The Hall–Kier alpha value is -1.92. The van der Waals surface area contributed by atoms with Crippen LogP contribution in [-0.2, 0) is 9.53 Å². The van der Waals surface area contributed by atoms with Crippen molar-refractivity contribution in [2.45, 2.75) is 32.7 Å². The Balaban J connectivity index is 2.50. The molecule has 0 saturated heterocycles. The molecule has 0 amide bonds. The highest BCUT2D eigenvalue weighted by molar-refractivity contribution is 5.70. The average Bonchev–Trinajstić information content (AvgIpc) is 2.30. The van der Waals surface area contributed by atoms with E-state index >= 15 is 0 Å². The fraction of sp³-hybridized carbons (Fsp3) is 0.462. The number of hydrogen-bond donors (Lipinski definition) is 1. The number of esters is 1. The van der Waals surface area contributed by atoms with Crippen molar-refractivity contribution in [3.8, 4) is 5.75 Å². The predicted octanol–water partition coefficient (Wildman–Crippen LogP) is 3.34. The molecule has 0 spiro atoms. The van der Waals surface area contributed by atoms with Crippen molar-refractivity contribution in [3.05, 3.63) is 24.3 Å². The first kappa shape index (κ1) is 16.1. The fourth-order valence-corrected chi connectivity index (χ4v) is 1.56. The second-order valence-corrected chi connectivity index (χ2v) is 4.13. The standard InChI is InChI=1S/C13H16F3NO3/c1-3-19-12(18)8-9(2)17-10-4-6-11(7-5-10)20-13(14,15)16/h4-7,9,17H,3,8H2,1-2H3. The molecule has 20 heavy (non-hydrogen) atoms. The Kier molecular flexibility index (Phi) is 5.66. The third kappa shape index (κ3) is 6.31. The van der Waals surface area contributed by atoms with Gasteiger partial charge in [-0.25, -0.2) is 0 Å². The molecule has 0 heterocycles. The van der Waals surface area contributed by atoms with Gasteiger partial charge >= 0.3 is 12.3 Å². The van der Waals surface area contributed by atoms with Gasteiger partial charge < -0.3 is 14.8 Å². The number of rotatable bonds is 6. The molecule has 1 N–H and O–H groups in total. The largest absolute Gasteiger partial charge is 0.573 e. The van der Waals surface area contributed by atoms with E-state index < -0.39 is 6.36 Å². The van der Waals surface area contributed by atoms with Gasteiger partial charge in [0.1, 0.15) is 5.75 Å². The summed E-state index contributed by atoms with van der Waals surface area (Å²) in [4.78, 5) is 11.2. The number of nitrogens with one attached hydrogen (secondary N) is 1. The lowest BCUT2D eigenvalue weighted by Crippen LogP contribution is -2.21. The maximum absolute atomic E-state index is 12.0. The second kappa shape index (κ2) is 7.02. The lowest BCUT2D eigenvalue weighted by atomic mass is 10.2. The monoisotopic (exact) mass is 291 g/mol. The third-order valence-electron chi connectivity index (χ3n) is 2.28. The Labute approximate surface area is 114 Å². The minimum Gasteiger partial charge on any atom is -0.466 e. The van der Waals surface area contributed by atoms with Gasteiger partial charge in [0.2, 0.25) is 0 Å². The Morgan fingerprint density at radius 2 is 1.90 bits per heavy atom. The number of ether oxygens (including phenoxy) is 2. The molecular formula is C13H16F3NO3. The molecule has 0 saturated carbocycles. The Morgan fingerprint density at radius 3 is 2.40 bits per heavy atom. The van der Waals surface area contributed by atoms with Crippen molar-refractivity contribution in [1.82, 2.24) is 0 Å². The fourth-order valence-electron chi connectivity index (χ4n) is 1.56. The van der Waals surface area contributed by atoms with Gasteiger partial charge in [0.25, 0.3) is 0 Å². The number of halogens is 3. The highest BCUT2D eigenvalue weighted by Gasteiger charge is 2.30. The normalized spacial score (nSPS) is 12.7. The molecule has 0 bridgehead atoms. The van der Waals surface area contributed by atoms with Crippen molar-refractivity contribution in [3.63, 3.8) is 0 Å². The number of anilines is 1. The zero-order valence-corrected chi connectivity index (χ0v) is 11.2. The summed E-state index contributed by atoms with van der Waals surface area (Å²) < 4.78 is 44.5. The summed E-state index contributed by atoms with van der Waals surface area (Å²) in [6.45, 7) is 3.81. The van der Waals surface area contributed by atoms with Crippen molar-refractivity contribution in [1.29, 1.82) is 0 Å². The van der Waals surface area contributed by atoms with E-state index in [9.17, 15) is 18.0 Å². The van der Waals surface area contributed by atoms with Crippen LogP contribution in [0, 0.1) is 0 Å². The van der Waals surface area contributed by atoms with E-state index in [1.807, 2.05) is 0 Å². The van der Waals surface area contributed by atoms with Gasteiger partial charge in [-0.2, -0.15) is 0 Å². The van der Waals surface area contributed by atoms with Crippen molar-refractivity contribution in [2.24, 2.45) is 0 Å². The summed E-state index contributed by atoms with van der Waals surface area (Å²) >= 11 is 0. The van der Waals surface area contributed by atoms with Crippen LogP contribution in [0.5, 0.6) is 5.75 Å². The summed E-state index contributed by atoms with van der Waals surface area (Å²) in [5.41, 5.74) is 0.594. The van der Waals surface area contributed by atoms with Crippen LogP contribution in [0.4, 0.5) is 18.9 Å². The molecule has 0 aliphatic rings. The van der Waals surface area contributed by atoms with Gasteiger partial charge in [0, 0.05) is 11.7 Å². The molecule has 0 radical (unpaired) electrons. The summed E-state index contributed by atoms with van der Waals surface area (Å²) in [5, 5.41) is 2.98. The van der Waals surface area contributed by atoms with E-state index in [0.717, 1.165) is 0 Å². The van der Waals surface area contributed by atoms with Crippen LogP contribution in [0.3, 0.4) is 0 Å². The molecule has 0 aliphatic carbocycles. The van der Waals surface area contributed by atoms with Crippen LogP contribution in [0.1, 0.15) is 20.3 Å². The molecule has 0 aliphatic heterocycles.